The number of carbonyl (C=O) groups is 1. The first-order valence-corrected chi connectivity index (χ1v) is 8.69. The normalized spacial score (nSPS) is 15.9. The van der Waals surface area contributed by atoms with Gasteiger partial charge in [-0.2, -0.15) is 0 Å². The van der Waals surface area contributed by atoms with E-state index in [-0.39, 0.29) is 11.8 Å². The molecule has 0 spiro atoms. The highest BCUT2D eigenvalue weighted by Gasteiger charge is 2.20. The van der Waals surface area contributed by atoms with Crippen molar-refractivity contribution in [2.75, 3.05) is 5.32 Å². The fraction of sp³-hybridized carbons (Fsp3) is 0.632. The largest absolute Gasteiger partial charge is 0.326 e. The Morgan fingerprint density at radius 2 is 1.76 bits per heavy atom. The van der Waals surface area contributed by atoms with Crippen LogP contribution in [0.3, 0.4) is 0 Å². The van der Waals surface area contributed by atoms with Gasteiger partial charge in [0.1, 0.15) is 0 Å². The quantitative estimate of drug-likeness (QED) is 0.675. The maximum absolute atomic E-state index is 12.2. The molecule has 1 aliphatic rings. The molecule has 0 aromatic heterocycles. The van der Waals surface area contributed by atoms with Gasteiger partial charge in [-0.05, 0) is 43.4 Å². The molecule has 0 aliphatic heterocycles. The zero-order chi connectivity index (χ0) is 14.9. The lowest BCUT2D eigenvalue weighted by Gasteiger charge is -2.20. The number of unbranched alkanes of at least 4 members (excludes halogenated alkanes) is 3. The van der Waals surface area contributed by atoms with Crippen molar-refractivity contribution in [2.24, 2.45) is 5.92 Å². The van der Waals surface area contributed by atoms with E-state index in [0.29, 0.717) is 0 Å². The molecule has 0 unspecified atom stereocenters. The first-order chi connectivity index (χ1) is 10.3. The number of benzene rings is 1. The smallest absolute Gasteiger partial charge is 0.227 e. The summed E-state index contributed by atoms with van der Waals surface area (Å²) in [7, 11) is 0. The Hall–Kier alpha value is -1.31. The Kier molecular flexibility index (Phi) is 6.78. The van der Waals surface area contributed by atoms with E-state index in [9.17, 15) is 4.79 Å². The van der Waals surface area contributed by atoms with E-state index in [0.717, 1.165) is 24.9 Å². The van der Waals surface area contributed by atoms with Gasteiger partial charge in [0.15, 0.2) is 0 Å². The molecule has 116 valence electrons. The van der Waals surface area contributed by atoms with E-state index < -0.39 is 0 Å². The van der Waals surface area contributed by atoms with Crippen LogP contribution >= 0.6 is 0 Å². The summed E-state index contributed by atoms with van der Waals surface area (Å²) in [6.45, 7) is 2.24. The van der Waals surface area contributed by atoms with E-state index in [2.05, 4.69) is 36.5 Å². The topological polar surface area (TPSA) is 29.1 Å². The van der Waals surface area contributed by atoms with Crippen LogP contribution in [0.15, 0.2) is 24.3 Å². The van der Waals surface area contributed by atoms with Crippen molar-refractivity contribution in [1.29, 1.82) is 0 Å². The third-order valence-corrected chi connectivity index (χ3v) is 4.52. The zero-order valence-corrected chi connectivity index (χ0v) is 13.4. The number of hydrogen-bond donors (Lipinski definition) is 1. The molecule has 21 heavy (non-hydrogen) atoms. The average Bonchev–Trinajstić information content (AvgIpc) is 2.54. The van der Waals surface area contributed by atoms with Gasteiger partial charge in [-0.25, -0.2) is 0 Å². The Morgan fingerprint density at radius 1 is 1.05 bits per heavy atom. The van der Waals surface area contributed by atoms with Crippen molar-refractivity contribution >= 4 is 11.6 Å². The molecule has 0 radical (unpaired) electrons. The lowest BCUT2D eigenvalue weighted by atomic mass is 9.88. The maximum atomic E-state index is 12.2. The van der Waals surface area contributed by atoms with Crippen molar-refractivity contribution in [3.05, 3.63) is 29.8 Å². The summed E-state index contributed by atoms with van der Waals surface area (Å²) in [4.78, 5) is 12.2. The van der Waals surface area contributed by atoms with E-state index in [4.69, 9.17) is 0 Å². The summed E-state index contributed by atoms with van der Waals surface area (Å²) in [5.41, 5.74) is 2.32. The van der Waals surface area contributed by atoms with Gasteiger partial charge in [-0.15, -0.1) is 0 Å². The number of carbonyl (C=O) groups excluding carboxylic acids is 1. The Morgan fingerprint density at radius 3 is 2.43 bits per heavy atom. The molecule has 0 atom stereocenters. The third-order valence-electron chi connectivity index (χ3n) is 4.52. The van der Waals surface area contributed by atoms with Gasteiger partial charge < -0.3 is 5.32 Å². The van der Waals surface area contributed by atoms with E-state index in [1.165, 1.54) is 50.5 Å². The van der Waals surface area contributed by atoms with Crippen LogP contribution in [-0.4, -0.2) is 5.91 Å². The van der Waals surface area contributed by atoms with Crippen LogP contribution in [0.5, 0.6) is 0 Å². The summed E-state index contributed by atoms with van der Waals surface area (Å²) in [5.74, 6) is 0.442. The number of amides is 1. The SMILES string of the molecule is CCCCCCc1ccc(NC(=O)C2CCCCC2)cc1. The molecule has 2 heteroatoms. The van der Waals surface area contributed by atoms with Crippen LogP contribution in [0.4, 0.5) is 5.69 Å². The number of nitrogens with one attached hydrogen (secondary N) is 1. The van der Waals surface area contributed by atoms with Gasteiger partial charge in [0.2, 0.25) is 5.91 Å². The number of hydrogen-bond acceptors (Lipinski definition) is 1. The van der Waals surface area contributed by atoms with Crippen LogP contribution in [-0.2, 0) is 11.2 Å². The molecule has 1 aromatic carbocycles. The average molecular weight is 287 g/mol. The molecule has 2 rings (SSSR count). The van der Waals surface area contributed by atoms with E-state index in [1.54, 1.807) is 0 Å². The summed E-state index contributed by atoms with van der Waals surface area (Å²) in [6.07, 6.45) is 12.2. The van der Waals surface area contributed by atoms with Crippen molar-refractivity contribution in [2.45, 2.75) is 71.1 Å². The molecule has 0 heterocycles. The Labute approximate surface area is 129 Å². The second kappa shape index (κ2) is 8.86. The third kappa shape index (κ3) is 5.53. The van der Waals surface area contributed by atoms with E-state index >= 15 is 0 Å². The highest BCUT2D eigenvalue weighted by molar-refractivity contribution is 5.92. The van der Waals surface area contributed by atoms with Gasteiger partial charge >= 0.3 is 0 Å². The first kappa shape index (κ1) is 16.1. The summed E-state index contributed by atoms with van der Waals surface area (Å²) < 4.78 is 0. The van der Waals surface area contributed by atoms with Crippen molar-refractivity contribution in [3.63, 3.8) is 0 Å². The molecule has 1 aliphatic carbocycles. The lowest BCUT2D eigenvalue weighted by Crippen LogP contribution is -2.24. The fourth-order valence-corrected chi connectivity index (χ4v) is 3.12. The van der Waals surface area contributed by atoms with E-state index in [1.807, 2.05) is 0 Å². The predicted molar refractivity (Wildman–Crippen MR) is 89.5 cm³/mol. The number of anilines is 1. The number of rotatable bonds is 7. The lowest BCUT2D eigenvalue weighted by molar-refractivity contribution is -0.120. The number of aryl methyl sites for hydroxylation is 1. The second-order valence-electron chi connectivity index (χ2n) is 6.33. The summed E-state index contributed by atoms with van der Waals surface area (Å²) in [6, 6.07) is 8.41. The van der Waals surface area contributed by atoms with Crippen LogP contribution in [0, 0.1) is 5.92 Å². The molecule has 1 fully saturated rings. The van der Waals surface area contributed by atoms with Gasteiger partial charge in [0.25, 0.3) is 0 Å². The minimum atomic E-state index is 0.213. The molecule has 1 N–H and O–H groups in total. The van der Waals surface area contributed by atoms with Crippen LogP contribution < -0.4 is 5.32 Å². The molecule has 0 bridgehead atoms. The van der Waals surface area contributed by atoms with Crippen molar-refractivity contribution in [1.82, 2.24) is 0 Å². The van der Waals surface area contributed by atoms with Crippen molar-refractivity contribution < 1.29 is 4.79 Å². The molecule has 1 aromatic rings. The monoisotopic (exact) mass is 287 g/mol. The molecule has 1 saturated carbocycles. The maximum Gasteiger partial charge on any atom is 0.227 e. The molecule has 2 nitrogen and oxygen atoms in total. The van der Waals surface area contributed by atoms with Crippen LogP contribution in [0.2, 0.25) is 0 Å². The predicted octanol–water partition coefficient (Wildman–Crippen LogP) is 5.33. The van der Waals surface area contributed by atoms with Gasteiger partial charge in [0.05, 0.1) is 0 Å². The molecular formula is C19H29NO. The summed E-state index contributed by atoms with van der Waals surface area (Å²) in [5, 5.41) is 3.08. The Bertz CT molecular complexity index is 418. The minimum Gasteiger partial charge on any atom is -0.326 e. The Balaban J connectivity index is 1.77. The molecular weight excluding hydrogens is 258 g/mol. The van der Waals surface area contributed by atoms with Crippen molar-refractivity contribution in [3.8, 4) is 0 Å². The van der Waals surface area contributed by atoms with Crippen LogP contribution in [0.25, 0.3) is 0 Å². The summed E-state index contributed by atoms with van der Waals surface area (Å²) >= 11 is 0. The minimum absolute atomic E-state index is 0.213. The highest BCUT2D eigenvalue weighted by atomic mass is 16.1. The second-order valence-corrected chi connectivity index (χ2v) is 6.33. The first-order valence-electron chi connectivity index (χ1n) is 8.69. The molecule has 0 saturated heterocycles. The van der Waals surface area contributed by atoms with Gasteiger partial charge in [-0.3, -0.25) is 4.79 Å². The fourth-order valence-electron chi connectivity index (χ4n) is 3.12. The highest BCUT2D eigenvalue weighted by Crippen LogP contribution is 2.25. The standard InChI is InChI=1S/C19H29NO/c1-2-3-4-6-9-16-12-14-18(15-13-16)20-19(21)17-10-7-5-8-11-17/h12-15,17H,2-11H2,1H3,(H,20,21). The van der Waals surface area contributed by atoms with Gasteiger partial charge in [0, 0.05) is 11.6 Å². The zero-order valence-electron chi connectivity index (χ0n) is 13.4. The van der Waals surface area contributed by atoms with Crippen LogP contribution in [0.1, 0.15) is 70.3 Å². The van der Waals surface area contributed by atoms with Gasteiger partial charge in [-0.1, -0.05) is 57.6 Å². The molecule has 1 amide bonds.